The molecule has 0 heterocycles. The molecule has 2 heteroatoms. The zero-order chi connectivity index (χ0) is 8.81. The van der Waals surface area contributed by atoms with Crippen molar-refractivity contribution in [2.75, 3.05) is 14.2 Å². The summed E-state index contributed by atoms with van der Waals surface area (Å²) in [6.07, 6.45) is 0.616. The van der Waals surface area contributed by atoms with Gasteiger partial charge in [-0.05, 0) is 11.6 Å². The number of benzene rings is 1. The molecule has 1 aromatic carbocycles. The van der Waals surface area contributed by atoms with E-state index in [0.29, 0.717) is 0 Å². The van der Waals surface area contributed by atoms with Gasteiger partial charge in [-0.15, -0.1) is 0 Å². The van der Waals surface area contributed by atoms with Gasteiger partial charge in [-0.3, -0.25) is 0 Å². The van der Waals surface area contributed by atoms with Crippen molar-refractivity contribution in [1.29, 1.82) is 0 Å². The smallest absolute Gasteiger partial charge is 0.160 e. The zero-order valence-corrected chi connectivity index (χ0v) is 7.41. The van der Waals surface area contributed by atoms with Crippen molar-refractivity contribution in [3.8, 4) is 0 Å². The lowest BCUT2D eigenvalue weighted by Crippen LogP contribution is -2.15. The number of methoxy groups -OCH3 is 2. The van der Waals surface area contributed by atoms with Crippen LogP contribution >= 0.6 is 0 Å². The molecule has 0 saturated carbocycles. The number of ether oxygens (including phenoxy) is 2. The van der Waals surface area contributed by atoms with Crippen molar-refractivity contribution in [1.82, 2.24) is 0 Å². The van der Waals surface area contributed by atoms with E-state index in [1.165, 1.54) is 5.56 Å². The maximum Gasteiger partial charge on any atom is 0.160 e. The molecule has 0 aliphatic heterocycles. The van der Waals surface area contributed by atoms with Crippen LogP contribution in [0.1, 0.15) is 5.56 Å². The van der Waals surface area contributed by atoms with Crippen LogP contribution in [0.15, 0.2) is 24.3 Å². The van der Waals surface area contributed by atoms with Crippen molar-refractivity contribution < 1.29 is 9.47 Å². The number of hydrogen-bond donors (Lipinski definition) is 0. The van der Waals surface area contributed by atoms with E-state index in [0.717, 1.165) is 6.42 Å². The summed E-state index contributed by atoms with van der Waals surface area (Å²) in [4.78, 5) is 0. The highest BCUT2D eigenvalue weighted by Gasteiger charge is 2.04. The summed E-state index contributed by atoms with van der Waals surface area (Å²) in [5, 5.41) is 0. The van der Waals surface area contributed by atoms with Crippen molar-refractivity contribution >= 4 is 0 Å². The highest BCUT2D eigenvalue weighted by molar-refractivity contribution is 5.13. The van der Waals surface area contributed by atoms with Gasteiger partial charge in [0.1, 0.15) is 0 Å². The second-order valence-electron chi connectivity index (χ2n) is 2.52. The van der Waals surface area contributed by atoms with Gasteiger partial charge in [0.15, 0.2) is 6.29 Å². The molecule has 1 aromatic rings. The van der Waals surface area contributed by atoms with Gasteiger partial charge in [0.25, 0.3) is 0 Å². The van der Waals surface area contributed by atoms with Crippen molar-refractivity contribution in [2.45, 2.75) is 12.7 Å². The van der Waals surface area contributed by atoms with E-state index in [1.54, 1.807) is 14.2 Å². The fourth-order valence-electron chi connectivity index (χ4n) is 1.01. The Morgan fingerprint density at radius 3 is 2.67 bits per heavy atom. The summed E-state index contributed by atoms with van der Waals surface area (Å²) >= 11 is 0. The predicted molar refractivity (Wildman–Crippen MR) is 46.8 cm³/mol. The molecular formula is C10H13O2. The minimum absolute atomic E-state index is 0.152. The molecule has 1 radical (unpaired) electrons. The summed E-state index contributed by atoms with van der Waals surface area (Å²) < 4.78 is 10.1. The minimum Gasteiger partial charge on any atom is -0.356 e. The molecule has 0 aromatic heterocycles. The Kier molecular flexibility index (Phi) is 3.77. The Bertz CT molecular complexity index is 204. The van der Waals surface area contributed by atoms with E-state index in [-0.39, 0.29) is 6.29 Å². The van der Waals surface area contributed by atoms with Gasteiger partial charge < -0.3 is 9.47 Å². The third kappa shape index (κ3) is 2.64. The molecule has 0 atom stereocenters. The molecule has 2 nitrogen and oxygen atoms in total. The van der Waals surface area contributed by atoms with Gasteiger partial charge in [-0.1, -0.05) is 24.3 Å². The van der Waals surface area contributed by atoms with E-state index in [4.69, 9.17) is 9.47 Å². The summed E-state index contributed by atoms with van der Waals surface area (Å²) in [5.41, 5.74) is 1.17. The highest BCUT2D eigenvalue weighted by atomic mass is 16.7. The van der Waals surface area contributed by atoms with Crippen LogP contribution in [0.5, 0.6) is 0 Å². The van der Waals surface area contributed by atoms with E-state index >= 15 is 0 Å². The molecule has 0 aliphatic carbocycles. The SMILES string of the molecule is COC(Cc1c[c]ccc1)OC. The zero-order valence-electron chi connectivity index (χ0n) is 7.41. The number of rotatable bonds is 4. The van der Waals surface area contributed by atoms with Crippen molar-refractivity contribution in [2.24, 2.45) is 0 Å². The average Bonchev–Trinajstić information content (AvgIpc) is 2.16. The van der Waals surface area contributed by atoms with Crippen LogP contribution in [-0.4, -0.2) is 20.5 Å². The van der Waals surface area contributed by atoms with Crippen LogP contribution in [0.3, 0.4) is 0 Å². The van der Waals surface area contributed by atoms with E-state index in [2.05, 4.69) is 6.07 Å². The van der Waals surface area contributed by atoms with Gasteiger partial charge in [0.05, 0.1) is 0 Å². The first-order valence-electron chi connectivity index (χ1n) is 3.87. The topological polar surface area (TPSA) is 18.5 Å². The fraction of sp³-hybridized carbons (Fsp3) is 0.400. The van der Waals surface area contributed by atoms with Gasteiger partial charge in [-0.25, -0.2) is 0 Å². The first-order valence-corrected chi connectivity index (χ1v) is 3.87. The maximum absolute atomic E-state index is 5.07. The van der Waals surface area contributed by atoms with Crippen LogP contribution in [0.4, 0.5) is 0 Å². The molecule has 0 bridgehead atoms. The van der Waals surface area contributed by atoms with Crippen LogP contribution in [0, 0.1) is 6.07 Å². The molecule has 12 heavy (non-hydrogen) atoms. The fourth-order valence-corrected chi connectivity index (χ4v) is 1.01. The van der Waals surface area contributed by atoms with Gasteiger partial charge in [0, 0.05) is 20.6 Å². The lowest BCUT2D eigenvalue weighted by molar-refractivity contribution is -0.100. The molecule has 0 spiro atoms. The summed E-state index contributed by atoms with van der Waals surface area (Å²) in [6.45, 7) is 0. The Hall–Kier alpha value is -0.860. The lowest BCUT2D eigenvalue weighted by atomic mass is 10.1. The molecule has 0 amide bonds. The monoisotopic (exact) mass is 165 g/mol. The minimum atomic E-state index is -0.152. The van der Waals surface area contributed by atoms with Gasteiger partial charge >= 0.3 is 0 Å². The summed E-state index contributed by atoms with van der Waals surface area (Å²) in [5.74, 6) is 0. The molecule has 0 fully saturated rings. The third-order valence-electron chi connectivity index (χ3n) is 1.70. The normalized spacial score (nSPS) is 10.6. The Balaban J connectivity index is 2.51. The molecular weight excluding hydrogens is 152 g/mol. The number of hydrogen-bond acceptors (Lipinski definition) is 2. The molecule has 0 aliphatic rings. The van der Waals surface area contributed by atoms with E-state index in [9.17, 15) is 0 Å². The second-order valence-corrected chi connectivity index (χ2v) is 2.52. The Morgan fingerprint density at radius 1 is 1.42 bits per heavy atom. The Labute approximate surface area is 73.1 Å². The van der Waals surface area contributed by atoms with Crippen molar-refractivity contribution in [3.63, 3.8) is 0 Å². The van der Waals surface area contributed by atoms with Gasteiger partial charge in [-0.2, -0.15) is 0 Å². The molecule has 1 rings (SSSR count). The van der Waals surface area contributed by atoms with Crippen LogP contribution in [0.25, 0.3) is 0 Å². The van der Waals surface area contributed by atoms with Crippen molar-refractivity contribution in [3.05, 3.63) is 35.9 Å². The highest BCUT2D eigenvalue weighted by Crippen LogP contribution is 2.04. The maximum atomic E-state index is 5.07. The predicted octanol–water partition coefficient (Wildman–Crippen LogP) is 1.65. The molecule has 0 saturated heterocycles. The van der Waals surface area contributed by atoms with E-state index in [1.807, 2.05) is 24.3 Å². The lowest BCUT2D eigenvalue weighted by Gasteiger charge is -2.12. The molecule has 65 valence electrons. The van der Waals surface area contributed by atoms with Crippen LogP contribution in [-0.2, 0) is 15.9 Å². The standard InChI is InChI=1S/C10H13O2/c1-11-10(12-2)8-9-6-4-3-5-7-9/h3-4,6-7,10H,8H2,1-2H3. The van der Waals surface area contributed by atoms with E-state index < -0.39 is 0 Å². The summed E-state index contributed by atoms with van der Waals surface area (Å²) in [6, 6.07) is 10.8. The third-order valence-corrected chi connectivity index (χ3v) is 1.70. The van der Waals surface area contributed by atoms with Crippen LogP contribution in [0.2, 0.25) is 0 Å². The van der Waals surface area contributed by atoms with Crippen LogP contribution < -0.4 is 0 Å². The molecule has 0 unspecified atom stereocenters. The first kappa shape index (κ1) is 9.23. The van der Waals surface area contributed by atoms with Gasteiger partial charge in [0.2, 0.25) is 0 Å². The largest absolute Gasteiger partial charge is 0.356 e. The summed E-state index contributed by atoms with van der Waals surface area (Å²) in [7, 11) is 3.28. The Morgan fingerprint density at radius 2 is 2.17 bits per heavy atom. The second kappa shape index (κ2) is 4.91. The average molecular weight is 165 g/mol. The quantitative estimate of drug-likeness (QED) is 0.631. The molecule has 0 N–H and O–H groups in total. The first-order chi connectivity index (χ1) is 5.86.